The molecule has 1 amide bonds. The van der Waals surface area contributed by atoms with Crippen LogP contribution in [0.3, 0.4) is 0 Å². The van der Waals surface area contributed by atoms with Crippen LogP contribution in [0.1, 0.15) is 57.4 Å². The van der Waals surface area contributed by atoms with Gasteiger partial charge in [0.25, 0.3) is 5.91 Å². The zero-order valence-electron chi connectivity index (χ0n) is 18.6. The van der Waals surface area contributed by atoms with Crippen molar-refractivity contribution in [1.29, 1.82) is 0 Å². The summed E-state index contributed by atoms with van der Waals surface area (Å²) in [5.41, 5.74) is 2.61. The molecule has 2 fully saturated rings. The van der Waals surface area contributed by atoms with Crippen LogP contribution < -0.4 is 0 Å². The van der Waals surface area contributed by atoms with E-state index in [2.05, 4.69) is 13.5 Å². The minimum absolute atomic E-state index is 0.00160. The fourth-order valence-electron chi connectivity index (χ4n) is 4.61. The molecule has 0 spiro atoms. The highest BCUT2D eigenvalue weighted by Crippen LogP contribution is 2.38. The van der Waals surface area contributed by atoms with Gasteiger partial charge < -0.3 is 9.80 Å². The van der Waals surface area contributed by atoms with Gasteiger partial charge in [0.15, 0.2) is 0 Å². The van der Waals surface area contributed by atoms with Crippen LogP contribution >= 0.6 is 0 Å². The number of benzene rings is 1. The van der Waals surface area contributed by atoms with Crippen molar-refractivity contribution < 1.29 is 9.18 Å². The molecule has 0 bridgehead atoms. The summed E-state index contributed by atoms with van der Waals surface area (Å²) < 4.78 is 14.3. The van der Waals surface area contributed by atoms with Gasteiger partial charge in [0, 0.05) is 30.9 Å². The normalized spacial score (nSPS) is 23.7. The number of allylic oxidation sites excluding steroid dienone is 3. The summed E-state index contributed by atoms with van der Waals surface area (Å²) in [7, 11) is 1.98. The molecule has 1 saturated carbocycles. The maximum absolute atomic E-state index is 14.3. The fourth-order valence-corrected chi connectivity index (χ4v) is 4.61. The van der Waals surface area contributed by atoms with Crippen LogP contribution in [0, 0.1) is 11.7 Å². The second-order valence-corrected chi connectivity index (χ2v) is 8.96. The molecule has 0 radical (unpaired) electrons. The fraction of sp³-hybridized carbons (Fsp3) is 0.462. The van der Waals surface area contributed by atoms with Crippen molar-refractivity contribution >= 4 is 17.2 Å². The Hall–Kier alpha value is -2.69. The van der Waals surface area contributed by atoms with Crippen LogP contribution in [-0.2, 0) is 4.79 Å². The molecule has 0 aromatic heterocycles. The molecule has 4 nitrogen and oxygen atoms in total. The van der Waals surface area contributed by atoms with Gasteiger partial charge in [-0.3, -0.25) is 4.79 Å². The number of likely N-dealkylation sites (tertiary alicyclic amines) is 1. The number of halogens is 1. The maximum atomic E-state index is 14.3. The molecule has 1 atom stereocenters. The molecule has 3 aliphatic rings. The van der Waals surface area contributed by atoms with E-state index in [1.807, 2.05) is 22.9 Å². The molecule has 0 N–H and O–H groups in total. The Bertz CT molecular complexity index is 957. The molecule has 164 valence electrons. The number of aliphatic imine (C=N–C) groups is 1. The lowest BCUT2D eigenvalue weighted by molar-refractivity contribution is -0.125. The highest BCUT2D eigenvalue weighted by molar-refractivity contribution is 6.43. The molecule has 1 aromatic carbocycles. The third-order valence-electron chi connectivity index (χ3n) is 6.83. The van der Waals surface area contributed by atoms with Gasteiger partial charge in [-0.2, -0.15) is 0 Å². The minimum Gasteiger partial charge on any atom is -0.335 e. The summed E-state index contributed by atoms with van der Waals surface area (Å²) in [6.45, 7) is 6.99. The average molecular weight is 422 g/mol. The number of hydrogen-bond donors (Lipinski definition) is 0. The summed E-state index contributed by atoms with van der Waals surface area (Å²) in [6.07, 6.45) is 11.6. The highest BCUT2D eigenvalue weighted by Gasteiger charge is 2.32. The molecule has 1 aliphatic carbocycles. The van der Waals surface area contributed by atoms with Crippen molar-refractivity contribution in [3.05, 3.63) is 65.9 Å². The lowest BCUT2D eigenvalue weighted by atomic mass is 9.81. The van der Waals surface area contributed by atoms with Gasteiger partial charge in [-0.1, -0.05) is 44.0 Å². The third-order valence-corrected chi connectivity index (χ3v) is 6.83. The molecule has 5 heteroatoms. The summed E-state index contributed by atoms with van der Waals surface area (Å²) in [6, 6.07) is 6.84. The lowest BCUT2D eigenvalue weighted by Crippen LogP contribution is -2.43. The van der Waals surface area contributed by atoms with Gasteiger partial charge in [-0.05, 0) is 62.3 Å². The topological polar surface area (TPSA) is 35.9 Å². The predicted molar refractivity (Wildman–Crippen MR) is 124 cm³/mol. The van der Waals surface area contributed by atoms with Crippen LogP contribution in [-0.4, -0.2) is 41.1 Å². The van der Waals surface area contributed by atoms with Crippen LogP contribution in [0.5, 0.6) is 0 Å². The summed E-state index contributed by atoms with van der Waals surface area (Å²) >= 11 is 0. The Morgan fingerprint density at radius 1 is 1.16 bits per heavy atom. The van der Waals surface area contributed by atoms with Gasteiger partial charge in [0.05, 0.1) is 0 Å². The summed E-state index contributed by atoms with van der Waals surface area (Å²) in [5.74, 6) is 0.774. The van der Waals surface area contributed by atoms with E-state index in [1.165, 1.54) is 18.9 Å². The van der Waals surface area contributed by atoms with Crippen LogP contribution in [0.25, 0.3) is 5.57 Å². The number of hydrogen-bond acceptors (Lipinski definition) is 3. The minimum atomic E-state index is -0.309. The van der Waals surface area contributed by atoms with Crippen molar-refractivity contribution in [2.45, 2.75) is 57.9 Å². The predicted octanol–water partition coefficient (Wildman–Crippen LogP) is 5.54. The molecule has 2 aliphatic heterocycles. The van der Waals surface area contributed by atoms with Gasteiger partial charge in [0.2, 0.25) is 0 Å². The largest absolute Gasteiger partial charge is 0.335 e. The first-order valence-electron chi connectivity index (χ1n) is 11.5. The Labute approximate surface area is 184 Å². The summed E-state index contributed by atoms with van der Waals surface area (Å²) in [4.78, 5) is 22.2. The molecule has 31 heavy (non-hydrogen) atoms. The summed E-state index contributed by atoms with van der Waals surface area (Å²) in [5, 5.41) is 0. The van der Waals surface area contributed by atoms with Crippen LogP contribution in [0.15, 0.2) is 59.5 Å². The number of carbonyl (C=O) groups excluding carboxylic acids is 1. The Morgan fingerprint density at radius 2 is 1.94 bits per heavy atom. The molecule has 2 heterocycles. The van der Waals surface area contributed by atoms with Gasteiger partial charge in [0.1, 0.15) is 17.3 Å². The zero-order chi connectivity index (χ0) is 22.0. The van der Waals surface area contributed by atoms with Gasteiger partial charge in [-0.15, -0.1) is 0 Å². The Balaban J connectivity index is 1.68. The Morgan fingerprint density at radius 3 is 2.65 bits per heavy atom. The molecule has 1 unspecified atom stereocenters. The van der Waals surface area contributed by atoms with Crippen molar-refractivity contribution in [2.75, 3.05) is 13.6 Å². The quantitative estimate of drug-likeness (QED) is 0.640. The smallest absolute Gasteiger partial charge is 0.272 e. The van der Waals surface area contributed by atoms with Gasteiger partial charge >= 0.3 is 0 Å². The highest BCUT2D eigenvalue weighted by atomic mass is 19.1. The third kappa shape index (κ3) is 4.51. The van der Waals surface area contributed by atoms with E-state index >= 15 is 0 Å². The van der Waals surface area contributed by atoms with Crippen molar-refractivity contribution in [1.82, 2.24) is 9.80 Å². The van der Waals surface area contributed by atoms with Crippen molar-refractivity contribution in [3.8, 4) is 0 Å². The second kappa shape index (κ2) is 9.21. The van der Waals surface area contributed by atoms with Crippen LogP contribution in [0.4, 0.5) is 4.39 Å². The monoisotopic (exact) mass is 421 g/mol. The molecular formula is C26H32FN3O. The van der Waals surface area contributed by atoms with Gasteiger partial charge in [-0.25, -0.2) is 9.38 Å². The molecule has 4 rings (SSSR count). The molecular weight excluding hydrogens is 389 g/mol. The molecule has 1 saturated heterocycles. The zero-order valence-corrected chi connectivity index (χ0v) is 18.6. The first-order chi connectivity index (χ1) is 15.0. The molecule has 1 aromatic rings. The number of rotatable bonds is 4. The van der Waals surface area contributed by atoms with Crippen LogP contribution in [0.2, 0.25) is 0 Å². The van der Waals surface area contributed by atoms with E-state index in [9.17, 15) is 9.18 Å². The number of amides is 1. The van der Waals surface area contributed by atoms with E-state index in [1.54, 1.807) is 24.3 Å². The number of carbonyl (C=O) groups is 1. The lowest BCUT2D eigenvalue weighted by Gasteiger charge is -2.37. The van der Waals surface area contributed by atoms with E-state index in [0.29, 0.717) is 28.6 Å². The first kappa shape index (κ1) is 21.5. The van der Waals surface area contributed by atoms with Crippen molar-refractivity contribution in [3.63, 3.8) is 0 Å². The van der Waals surface area contributed by atoms with E-state index < -0.39 is 0 Å². The SMILES string of the molecule is C=C(/C=C1/N=C(C(=O)N2CCCCCC2C)C=C(C2CCC2)N1C)c1ccccc1F. The van der Waals surface area contributed by atoms with E-state index in [-0.39, 0.29) is 17.8 Å². The first-order valence-corrected chi connectivity index (χ1v) is 11.5. The van der Waals surface area contributed by atoms with Crippen molar-refractivity contribution in [2.24, 2.45) is 10.9 Å². The Kier molecular flexibility index (Phi) is 6.40. The average Bonchev–Trinajstić information content (AvgIpc) is 2.93. The number of nitrogens with zero attached hydrogens (tertiary/aromatic N) is 3. The standard InChI is InChI=1S/C26H32FN3O/c1-18(21-13-6-7-14-22(21)27)16-25-28-23(17-24(29(25)3)20-11-9-12-20)26(31)30-15-8-4-5-10-19(30)2/h6-7,13-14,16-17,19-20H,1,4-5,8-12,15H2,2-3H3/b25-16-. The van der Waals surface area contributed by atoms with E-state index in [0.717, 1.165) is 44.3 Å². The van der Waals surface area contributed by atoms with E-state index in [4.69, 9.17) is 4.99 Å². The second-order valence-electron chi connectivity index (χ2n) is 8.96. The maximum Gasteiger partial charge on any atom is 0.272 e.